The molecule has 0 radical (unpaired) electrons. The Labute approximate surface area is 126 Å². The van der Waals surface area contributed by atoms with Crippen LogP contribution in [0.3, 0.4) is 0 Å². The Bertz CT molecular complexity index is 744. The van der Waals surface area contributed by atoms with E-state index in [0.717, 1.165) is 26.3 Å². The Balaban J connectivity index is 2.12. The van der Waals surface area contributed by atoms with Crippen molar-refractivity contribution in [1.29, 1.82) is 0 Å². The predicted octanol–water partition coefficient (Wildman–Crippen LogP) is 2.59. The number of hydrogen-bond donors (Lipinski definition) is 0. The molecule has 2 aromatic rings. The molecule has 0 fully saturated rings. The molecular formula is C13H14F2N2O2S2. The van der Waals surface area contributed by atoms with Crippen LogP contribution in [0.1, 0.15) is 9.88 Å². The molecule has 0 saturated heterocycles. The number of halogens is 2. The van der Waals surface area contributed by atoms with Crippen molar-refractivity contribution in [3.05, 3.63) is 45.9 Å². The molecule has 8 heteroatoms. The highest BCUT2D eigenvalue weighted by atomic mass is 32.2. The third kappa shape index (κ3) is 3.63. The van der Waals surface area contributed by atoms with Crippen LogP contribution in [-0.2, 0) is 16.4 Å². The Morgan fingerprint density at radius 2 is 2.00 bits per heavy atom. The summed E-state index contributed by atoms with van der Waals surface area (Å²) in [7, 11) is -2.44. The Morgan fingerprint density at radius 1 is 1.29 bits per heavy atom. The van der Waals surface area contributed by atoms with E-state index in [2.05, 4.69) is 4.98 Å². The summed E-state index contributed by atoms with van der Waals surface area (Å²) in [6, 6.07) is 2.55. The van der Waals surface area contributed by atoms with Crippen LogP contribution in [0.2, 0.25) is 0 Å². The second-order valence-electron chi connectivity index (χ2n) is 4.52. The van der Waals surface area contributed by atoms with Crippen LogP contribution in [0, 0.1) is 18.6 Å². The molecule has 1 heterocycles. The molecule has 2 rings (SSSR count). The van der Waals surface area contributed by atoms with E-state index < -0.39 is 21.7 Å². The van der Waals surface area contributed by atoms with Crippen LogP contribution in [0.5, 0.6) is 0 Å². The molecule has 0 saturated carbocycles. The lowest BCUT2D eigenvalue weighted by atomic mass is 10.3. The molecule has 0 atom stereocenters. The van der Waals surface area contributed by atoms with Gasteiger partial charge in [0.05, 0.1) is 9.90 Å². The topological polar surface area (TPSA) is 50.3 Å². The van der Waals surface area contributed by atoms with Crippen molar-refractivity contribution in [2.75, 3.05) is 13.6 Å². The van der Waals surface area contributed by atoms with E-state index in [1.54, 1.807) is 6.20 Å². The van der Waals surface area contributed by atoms with Crippen molar-refractivity contribution in [3.8, 4) is 0 Å². The number of thiazole rings is 1. The molecule has 21 heavy (non-hydrogen) atoms. The molecule has 1 aromatic carbocycles. The van der Waals surface area contributed by atoms with Gasteiger partial charge in [-0.1, -0.05) is 0 Å². The summed E-state index contributed by atoms with van der Waals surface area (Å²) in [4.78, 5) is 4.94. The molecule has 0 aliphatic rings. The van der Waals surface area contributed by atoms with Crippen LogP contribution >= 0.6 is 11.3 Å². The van der Waals surface area contributed by atoms with E-state index in [9.17, 15) is 17.2 Å². The number of hydrogen-bond acceptors (Lipinski definition) is 4. The number of sulfonamides is 1. The minimum atomic E-state index is -3.84. The third-order valence-corrected chi connectivity index (χ3v) is 5.73. The molecule has 0 bridgehead atoms. The van der Waals surface area contributed by atoms with E-state index in [0.29, 0.717) is 12.5 Å². The van der Waals surface area contributed by atoms with Crippen LogP contribution in [0.4, 0.5) is 8.78 Å². The number of rotatable bonds is 5. The largest absolute Gasteiger partial charge is 0.249 e. The van der Waals surface area contributed by atoms with Gasteiger partial charge in [-0.2, -0.15) is 0 Å². The molecule has 0 N–H and O–H groups in total. The molecule has 0 unspecified atom stereocenters. The van der Waals surface area contributed by atoms with Gasteiger partial charge in [0.1, 0.15) is 0 Å². The summed E-state index contributed by atoms with van der Waals surface area (Å²) in [6.45, 7) is 2.14. The first-order chi connectivity index (χ1) is 9.80. The fraction of sp³-hybridized carbons (Fsp3) is 0.308. The molecule has 0 amide bonds. The summed E-state index contributed by atoms with van der Waals surface area (Å²) in [5.74, 6) is -2.25. The number of benzene rings is 1. The zero-order valence-corrected chi connectivity index (χ0v) is 13.1. The van der Waals surface area contributed by atoms with Crippen molar-refractivity contribution >= 4 is 21.4 Å². The summed E-state index contributed by atoms with van der Waals surface area (Å²) in [5.41, 5.74) is 0. The minimum Gasteiger partial charge on any atom is -0.249 e. The molecule has 114 valence electrons. The highest BCUT2D eigenvalue weighted by Gasteiger charge is 2.22. The predicted molar refractivity (Wildman–Crippen MR) is 76.7 cm³/mol. The Kier molecular flexibility index (Phi) is 4.70. The van der Waals surface area contributed by atoms with E-state index in [1.165, 1.54) is 18.4 Å². The molecule has 1 aromatic heterocycles. The first kappa shape index (κ1) is 16.0. The molecule has 0 spiro atoms. The molecule has 0 aliphatic heterocycles. The standard InChI is InChI=1S/C13H14F2N2O2S2/c1-9-8-16-13(20-9)5-6-17(2)21(18,19)10-3-4-11(14)12(15)7-10/h3-4,7-8H,5-6H2,1-2H3. The maximum Gasteiger partial charge on any atom is 0.242 e. The lowest BCUT2D eigenvalue weighted by Gasteiger charge is -2.16. The van der Waals surface area contributed by atoms with Gasteiger partial charge in [0.25, 0.3) is 0 Å². The second kappa shape index (κ2) is 6.17. The van der Waals surface area contributed by atoms with Gasteiger partial charge in [0.2, 0.25) is 10.0 Å². The molecular weight excluding hydrogens is 318 g/mol. The van der Waals surface area contributed by atoms with E-state index in [1.807, 2.05) is 6.92 Å². The van der Waals surface area contributed by atoms with Gasteiger partial charge in [-0.25, -0.2) is 26.5 Å². The average molecular weight is 332 g/mol. The average Bonchev–Trinajstić information content (AvgIpc) is 2.84. The maximum atomic E-state index is 13.2. The summed E-state index contributed by atoms with van der Waals surface area (Å²) >= 11 is 1.50. The van der Waals surface area contributed by atoms with Gasteiger partial charge in [0.15, 0.2) is 11.6 Å². The smallest absolute Gasteiger partial charge is 0.242 e. The van der Waals surface area contributed by atoms with Crippen LogP contribution < -0.4 is 0 Å². The van der Waals surface area contributed by atoms with Crippen molar-refractivity contribution in [1.82, 2.24) is 9.29 Å². The molecule has 0 aliphatic carbocycles. The highest BCUT2D eigenvalue weighted by molar-refractivity contribution is 7.89. The lowest BCUT2D eigenvalue weighted by molar-refractivity contribution is 0.468. The number of aromatic nitrogens is 1. The number of nitrogens with zero attached hydrogens (tertiary/aromatic N) is 2. The zero-order valence-electron chi connectivity index (χ0n) is 11.5. The highest BCUT2D eigenvalue weighted by Crippen LogP contribution is 2.18. The van der Waals surface area contributed by atoms with Gasteiger partial charge in [-0.15, -0.1) is 11.3 Å². The zero-order chi connectivity index (χ0) is 15.6. The van der Waals surface area contributed by atoms with Gasteiger partial charge in [-0.3, -0.25) is 0 Å². The minimum absolute atomic E-state index is 0.217. The number of likely N-dealkylation sites (N-methyl/N-ethyl adjacent to an activating group) is 1. The van der Waals surface area contributed by atoms with E-state index in [-0.39, 0.29) is 11.4 Å². The first-order valence-corrected chi connectivity index (χ1v) is 8.39. The maximum absolute atomic E-state index is 13.2. The van der Waals surface area contributed by atoms with Crippen LogP contribution in [-0.4, -0.2) is 31.3 Å². The number of aryl methyl sites for hydroxylation is 1. The van der Waals surface area contributed by atoms with Crippen LogP contribution in [0.15, 0.2) is 29.3 Å². The van der Waals surface area contributed by atoms with E-state index >= 15 is 0 Å². The summed E-state index contributed by atoms with van der Waals surface area (Å²) in [6.07, 6.45) is 2.20. The van der Waals surface area contributed by atoms with Crippen molar-refractivity contribution in [2.45, 2.75) is 18.2 Å². The SMILES string of the molecule is Cc1cnc(CCN(C)S(=O)(=O)c2ccc(F)c(F)c2)s1. The first-order valence-electron chi connectivity index (χ1n) is 6.13. The monoisotopic (exact) mass is 332 g/mol. The van der Waals surface area contributed by atoms with Crippen LogP contribution in [0.25, 0.3) is 0 Å². The normalized spacial score (nSPS) is 12.0. The summed E-state index contributed by atoms with van der Waals surface area (Å²) < 4.78 is 51.6. The van der Waals surface area contributed by atoms with Gasteiger partial charge >= 0.3 is 0 Å². The van der Waals surface area contributed by atoms with Crippen molar-refractivity contribution in [3.63, 3.8) is 0 Å². The Morgan fingerprint density at radius 3 is 2.57 bits per heavy atom. The fourth-order valence-electron chi connectivity index (χ4n) is 1.71. The van der Waals surface area contributed by atoms with Gasteiger partial charge in [0, 0.05) is 31.1 Å². The van der Waals surface area contributed by atoms with E-state index in [4.69, 9.17) is 0 Å². The fourth-order valence-corrected chi connectivity index (χ4v) is 3.67. The quantitative estimate of drug-likeness (QED) is 0.846. The second-order valence-corrected chi connectivity index (χ2v) is 7.88. The van der Waals surface area contributed by atoms with Crippen molar-refractivity contribution in [2.24, 2.45) is 0 Å². The van der Waals surface area contributed by atoms with Crippen molar-refractivity contribution < 1.29 is 17.2 Å². The Hall–Kier alpha value is -1.38. The summed E-state index contributed by atoms with van der Waals surface area (Å²) in [5, 5.41) is 0.833. The van der Waals surface area contributed by atoms with Gasteiger partial charge < -0.3 is 0 Å². The third-order valence-electron chi connectivity index (χ3n) is 2.91. The lowest BCUT2D eigenvalue weighted by Crippen LogP contribution is -2.29. The van der Waals surface area contributed by atoms with Gasteiger partial charge in [-0.05, 0) is 25.1 Å². The molecule has 4 nitrogen and oxygen atoms in total.